The number of nitrogens with one attached hydrogen (secondary N) is 2. The fourth-order valence-electron chi connectivity index (χ4n) is 3.64. The fourth-order valence-corrected chi connectivity index (χ4v) is 3.64. The highest BCUT2D eigenvalue weighted by Gasteiger charge is 2.29. The van der Waals surface area contributed by atoms with Crippen molar-refractivity contribution in [1.29, 1.82) is 0 Å². The number of Topliss-reactive ketones (excluding diaryl/α,β-unsaturated/α-hetero) is 1. The van der Waals surface area contributed by atoms with E-state index in [9.17, 15) is 18.8 Å². The van der Waals surface area contributed by atoms with Crippen molar-refractivity contribution in [2.75, 3.05) is 12.4 Å². The lowest BCUT2D eigenvalue weighted by Crippen LogP contribution is -2.29. The summed E-state index contributed by atoms with van der Waals surface area (Å²) >= 11 is 0. The number of fused-ring (bicyclic) bond motifs is 1. The molecular formula is C23H19FN2O4. The predicted molar refractivity (Wildman–Crippen MR) is 110 cm³/mol. The van der Waals surface area contributed by atoms with E-state index >= 15 is 0 Å². The Hall–Kier alpha value is -3.74. The molecule has 4 rings (SSSR count). The fraction of sp³-hybridized carbons (Fsp3) is 0.174. The molecule has 0 bridgehead atoms. The number of carbonyl (C=O) groups is 2. The molecule has 0 radical (unpaired) electrons. The molecule has 1 aromatic heterocycles. The van der Waals surface area contributed by atoms with Crippen LogP contribution in [0.1, 0.15) is 44.3 Å². The Morgan fingerprint density at radius 3 is 2.43 bits per heavy atom. The van der Waals surface area contributed by atoms with E-state index in [1.165, 1.54) is 30.3 Å². The van der Waals surface area contributed by atoms with Gasteiger partial charge in [-0.2, -0.15) is 0 Å². The number of amides is 1. The van der Waals surface area contributed by atoms with Crippen molar-refractivity contribution in [3.8, 4) is 5.75 Å². The van der Waals surface area contributed by atoms with Gasteiger partial charge in [0.1, 0.15) is 17.1 Å². The standard InChI is InChI=1S/C23H19FN2O4/c1-30-17-8-2-13(3-9-17)14-10-20-18(21(27)11-14)12-19(23(29)26-20)22(28)25-16-6-4-15(24)5-7-16/h2-9,12,14H,10-11H2,1H3,(H,25,28)(H,26,29). The zero-order valence-corrected chi connectivity index (χ0v) is 16.2. The van der Waals surface area contributed by atoms with Gasteiger partial charge in [-0.05, 0) is 60.4 Å². The Labute approximate surface area is 171 Å². The van der Waals surface area contributed by atoms with Crippen molar-refractivity contribution in [3.63, 3.8) is 0 Å². The number of hydrogen-bond acceptors (Lipinski definition) is 4. The highest BCUT2D eigenvalue weighted by molar-refractivity contribution is 6.06. The van der Waals surface area contributed by atoms with E-state index in [1.807, 2.05) is 24.3 Å². The average Bonchev–Trinajstić information content (AvgIpc) is 2.74. The molecule has 0 saturated heterocycles. The molecule has 1 aliphatic carbocycles. The number of rotatable bonds is 4. The first-order valence-corrected chi connectivity index (χ1v) is 9.45. The zero-order valence-electron chi connectivity index (χ0n) is 16.2. The maximum absolute atomic E-state index is 13.0. The predicted octanol–water partition coefficient (Wildman–Crippen LogP) is 3.69. The summed E-state index contributed by atoms with van der Waals surface area (Å²) in [6.45, 7) is 0. The van der Waals surface area contributed by atoms with Gasteiger partial charge in [0.25, 0.3) is 11.5 Å². The van der Waals surface area contributed by atoms with Crippen molar-refractivity contribution >= 4 is 17.4 Å². The minimum absolute atomic E-state index is 0.0644. The van der Waals surface area contributed by atoms with Crippen molar-refractivity contribution < 1.29 is 18.7 Å². The van der Waals surface area contributed by atoms with Crippen molar-refractivity contribution in [1.82, 2.24) is 4.98 Å². The first kappa shape index (κ1) is 19.6. The maximum atomic E-state index is 13.0. The van der Waals surface area contributed by atoms with Crippen molar-refractivity contribution in [2.45, 2.75) is 18.8 Å². The number of aromatic nitrogens is 1. The van der Waals surface area contributed by atoms with Gasteiger partial charge >= 0.3 is 0 Å². The van der Waals surface area contributed by atoms with Crippen LogP contribution in [0.5, 0.6) is 5.75 Å². The summed E-state index contributed by atoms with van der Waals surface area (Å²) in [6, 6.07) is 14.0. The highest BCUT2D eigenvalue weighted by Crippen LogP contribution is 2.32. The summed E-state index contributed by atoms with van der Waals surface area (Å²) in [5.41, 5.74) is 1.48. The summed E-state index contributed by atoms with van der Waals surface area (Å²) in [5, 5.41) is 2.54. The molecule has 6 nitrogen and oxygen atoms in total. The van der Waals surface area contributed by atoms with Crippen LogP contribution in [0.3, 0.4) is 0 Å². The van der Waals surface area contributed by atoms with Gasteiger partial charge < -0.3 is 15.0 Å². The van der Waals surface area contributed by atoms with Gasteiger partial charge in [0.15, 0.2) is 5.78 Å². The summed E-state index contributed by atoms with van der Waals surface area (Å²) in [7, 11) is 1.59. The zero-order chi connectivity index (χ0) is 21.3. The molecule has 0 spiro atoms. The van der Waals surface area contributed by atoms with Gasteiger partial charge in [-0.1, -0.05) is 12.1 Å². The number of aromatic amines is 1. The lowest BCUT2D eigenvalue weighted by atomic mass is 9.81. The Kier molecular flexibility index (Phi) is 5.18. The van der Waals surface area contributed by atoms with E-state index in [1.54, 1.807) is 7.11 Å². The number of benzene rings is 2. The van der Waals surface area contributed by atoms with Gasteiger partial charge in [0.05, 0.1) is 7.11 Å². The number of H-pyrrole nitrogens is 1. The second-order valence-corrected chi connectivity index (χ2v) is 7.17. The molecule has 1 atom stereocenters. The van der Waals surface area contributed by atoms with Crippen LogP contribution in [0.4, 0.5) is 10.1 Å². The van der Waals surface area contributed by atoms with Crippen LogP contribution < -0.4 is 15.6 Å². The van der Waals surface area contributed by atoms with E-state index in [4.69, 9.17) is 4.74 Å². The molecule has 152 valence electrons. The third-order valence-corrected chi connectivity index (χ3v) is 5.24. The quantitative estimate of drug-likeness (QED) is 0.692. The lowest BCUT2D eigenvalue weighted by Gasteiger charge is -2.24. The summed E-state index contributed by atoms with van der Waals surface area (Å²) in [5.74, 6) is -0.562. The van der Waals surface area contributed by atoms with E-state index in [-0.39, 0.29) is 23.7 Å². The van der Waals surface area contributed by atoms with E-state index < -0.39 is 17.3 Å². The Bertz CT molecular complexity index is 1170. The number of pyridine rings is 1. The second-order valence-electron chi connectivity index (χ2n) is 7.17. The minimum Gasteiger partial charge on any atom is -0.497 e. The molecule has 0 saturated carbocycles. The van der Waals surface area contributed by atoms with Crippen LogP contribution >= 0.6 is 0 Å². The summed E-state index contributed by atoms with van der Waals surface area (Å²) < 4.78 is 18.2. The number of ketones is 1. The number of hydrogen-bond donors (Lipinski definition) is 2. The molecule has 0 aliphatic heterocycles. The second kappa shape index (κ2) is 7.94. The average molecular weight is 406 g/mol. The Morgan fingerprint density at radius 2 is 1.77 bits per heavy atom. The van der Waals surface area contributed by atoms with Crippen LogP contribution in [-0.4, -0.2) is 23.8 Å². The van der Waals surface area contributed by atoms with Crippen molar-refractivity contribution in [3.05, 3.63) is 93.2 Å². The van der Waals surface area contributed by atoms with Crippen LogP contribution in [-0.2, 0) is 6.42 Å². The molecular weight excluding hydrogens is 387 g/mol. The molecule has 1 amide bonds. The third-order valence-electron chi connectivity index (χ3n) is 5.24. The smallest absolute Gasteiger partial charge is 0.261 e. The lowest BCUT2D eigenvalue weighted by molar-refractivity contribution is 0.0963. The Balaban J connectivity index is 1.59. The van der Waals surface area contributed by atoms with Gasteiger partial charge in [-0.15, -0.1) is 0 Å². The monoisotopic (exact) mass is 406 g/mol. The van der Waals surface area contributed by atoms with E-state index in [0.717, 1.165) is 11.3 Å². The number of ether oxygens (including phenoxy) is 1. The van der Waals surface area contributed by atoms with Gasteiger partial charge in [0.2, 0.25) is 0 Å². The highest BCUT2D eigenvalue weighted by atomic mass is 19.1. The molecule has 7 heteroatoms. The van der Waals surface area contributed by atoms with Gasteiger partial charge in [-0.25, -0.2) is 4.39 Å². The molecule has 1 aliphatic rings. The molecule has 0 fully saturated rings. The third kappa shape index (κ3) is 3.87. The van der Waals surface area contributed by atoms with Gasteiger partial charge in [0, 0.05) is 23.4 Å². The molecule has 2 aromatic carbocycles. The van der Waals surface area contributed by atoms with Crippen LogP contribution in [0.25, 0.3) is 0 Å². The van der Waals surface area contributed by atoms with Crippen LogP contribution in [0.15, 0.2) is 59.4 Å². The molecule has 30 heavy (non-hydrogen) atoms. The first-order chi connectivity index (χ1) is 14.4. The van der Waals surface area contributed by atoms with E-state index in [0.29, 0.717) is 23.4 Å². The largest absolute Gasteiger partial charge is 0.497 e. The summed E-state index contributed by atoms with van der Waals surface area (Å²) in [4.78, 5) is 40.5. The van der Waals surface area contributed by atoms with Crippen molar-refractivity contribution in [2.24, 2.45) is 0 Å². The topological polar surface area (TPSA) is 88.3 Å². The van der Waals surface area contributed by atoms with Gasteiger partial charge in [-0.3, -0.25) is 14.4 Å². The van der Waals surface area contributed by atoms with Crippen LogP contribution in [0.2, 0.25) is 0 Å². The van der Waals surface area contributed by atoms with Crippen LogP contribution in [0, 0.1) is 5.82 Å². The first-order valence-electron chi connectivity index (χ1n) is 9.45. The Morgan fingerprint density at radius 1 is 1.07 bits per heavy atom. The summed E-state index contributed by atoms with van der Waals surface area (Å²) in [6.07, 6.45) is 0.771. The number of carbonyl (C=O) groups excluding carboxylic acids is 2. The minimum atomic E-state index is -0.657. The molecule has 1 heterocycles. The number of methoxy groups -OCH3 is 1. The molecule has 2 N–H and O–H groups in total. The maximum Gasteiger partial charge on any atom is 0.261 e. The molecule has 1 unspecified atom stereocenters. The number of anilines is 1. The molecule has 3 aromatic rings. The number of halogens is 1. The van der Waals surface area contributed by atoms with E-state index in [2.05, 4.69) is 10.3 Å². The SMILES string of the molecule is COc1ccc(C2CC(=O)c3cc(C(=O)Nc4ccc(F)cc4)c(=O)[nH]c3C2)cc1. The normalized spacial score (nSPS) is 15.4.